The lowest BCUT2D eigenvalue weighted by atomic mass is 10.2. The molecular weight excluding hydrogens is 326 g/mol. The summed E-state index contributed by atoms with van der Waals surface area (Å²) in [5.74, 6) is 5.86. The highest BCUT2D eigenvalue weighted by Gasteiger charge is 2.17. The van der Waals surface area contributed by atoms with Gasteiger partial charge in [0.15, 0.2) is 0 Å². The standard InChI is InChI=1S/C17H19N3O3S/c21-24(22,16-7-3-5-15-6-4-8-18-17(15)16)19-9-1-2-10-20-11-13-23-14-12-20/h3-8,19H,9-14H2. The fourth-order valence-corrected chi connectivity index (χ4v) is 3.59. The molecule has 1 aliphatic rings. The first-order chi connectivity index (χ1) is 11.7. The van der Waals surface area contributed by atoms with Gasteiger partial charge in [-0.3, -0.25) is 9.88 Å². The average Bonchev–Trinajstić information content (AvgIpc) is 2.62. The molecule has 1 fully saturated rings. The molecule has 2 aromatic rings. The lowest BCUT2D eigenvalue weighted by Gasteiger charge is -2.24. The fraction of sp³-hybridized carbons (Fsp3) is 0.353. The summed E-state index contributed by atoms with van der Waals surface area (Å²) in [5.41, 5.74) is 0.466. The fourth-order valence-electron chi connectivity index (χ4n) is 2.49. The number of pyridine rings is 1. The summed E-state index contributed by atoms with van der Waals surface area (Å²) in [7, 11) is -3.64. The number of sulfonamides is 1. The normalized spacial score (nSPS) is 15.8. The molecule has 0 atom stereocenters. The largest absolute Gasteiger partial charge is 0.379 e. The van der Waals surface area contributed by atoms with Crippen LogP contribution >= 0.6 is 0 Å². The predicted octanol–water partition coefficient (Wildman–Crippen LogP) is 0.849. The van der Waals surface area contributed by atoms with Crippen molar-refractivity contribution in [1.82, 2.24) is 14.6 Å². The molecule has 0 bridgehead atoms. The minimum atomic E-state index is -3.64. The molecule has 1 saturated heterocycles. The molecule has 0 unspecified atom stereocenters. The van der Waals surface area contributed by atoms with Crippen molar-refractivity contribution in [1.29, 1.82) is 0 Å². The molecule has 0 amide bonds. The second kappa shape index (κ2) is 7.73. The minimum absolute atomic E-state index is 0.0793. The highest BCUT2D eigenvalue weighted by Crippen LogP contribution is 2.20. The quantitative estimate of drug-likeness (QED) is 0.832. The van der Waals surface area contributed by atoms with Gasteiger partial charge in [-0.25, -0.2) is 8.42 Å². The zero-order chi connectivity index (χ0) is 16.8. The maximum Gasteiger partial charge on any atom is 0.243 e. The Kier molecular flexibility index (Phi) is 5.43. The SMILES string of the molecule is O=S(=O)(NCC#CCN1CCOCC1)c1cccc2cccnc12. The van der Waals surface area contributed by atoms with Crippen molar-refractivity contribution in [3.8, 4) is 11.8 Å². The Hall–Kier alpha value is -1.98. The summed E-state index contributed by atoms with van der Waals surface area (Å²) in [6.45, 7) is 3.88. The van der Waals surface area contributed by atoms with Crippen molar-refractivity contribution in [3.05, 3.63) is 36.5 Å². The van der Waals surface area contributed by atoms with Gasteiger partial charge in [0.05, 0.1) is 31.8 Å². The number of ether oxygens (including phenoxy) is 1. The smallest absolute Gasteiger partial charge is 0.243 e. The molecule has 1 aromatic carbocycles. The topological polar surface area (TPSA) is 71.5 Å². The number of morpholine rings is 1. The summed E-state index contributed by atoms with van der Waals surface area (Å²) in [6, 6.07) is 8.72. The predicted molar refractivity (Wildman–Crippen MR) is 92.0 cm³/mol. The third-order valence-corrected chi connectivity index (χ3v) is 5.20. The number of nitrogens with zero attached hydrogens (tertiary/aromatic N) is 2. The van der Waals surface area contributed by atoms with Crippen molar-refractivity contribution >= 4 is 20.9 Å². The van der Waals surface area contributed by atoms with Crippen LogP contribution in [0.2, 0.25) is 0 Å². The zero-order valence-corrected chi connectivity index (χ0v) is 14.1. The molecule has 0 aliphatic carbocycles. The Labute approximate surface area is 141 Å². The monoisotopic (exact) mass is 345 g/mol. The van der Waals surface area contributed by atoms with Crippen molar-refractivity contribution in [2.45, 2.75) is 4.90 Å². The van der Waals surface area contributed by atoms with Gasteiger partial charge in [0, 0.05) is 24.7 Å². The highest BCUT2D eigenvalue weighted by molar-refractivity contribution is 7.89. The first-order valence-corrected chi connectivity index (χ1v) is 9.24. The molecule has 0 radical (unpaired) electrons. The van der Waals surface area contributed by atoms with E-state index in [0.717, 1.165) is 31.7 Å². The van der Waals surface area contributed by atoms with Crippen LogP contribution in [-0.2, 0) is 14.8 Å². The maximum atomic E-state index is 12.5. The van der Waals surface area contributed by atoms with Crippen LogP contribution in [0.1, 0.15) is 0 Å². The molecule has 2 heterocycles. The Bertz CT molecular complexity index is 860. The zero-order valence-electron chi connectivity index (χ0n) is 13.2. The number of rotatable bonds is 4. The number of nitrogens with one attached hydrogen (secondary N) is 1. The van der Waals surface area contributed by atoms with Gasteiger partial charge in [0.25, 0.3) is 0 Å². The van der Waals surface area contributed by atoms with Gasteiger partial charge in [0.1, 0.15) is 4.90 Å². The van der Waals surface area contributed by atoms with Crippen LogP contribution < -0.4 is 4.72 Å². The Morgan fingerprint density at radius 2 is 1.96 bits per heavy atom. The van der Waals surface area contributed by atoms with Crippen LogP contribution in [0.15, 0.2) is 41.4 Å². The number of fused-ring (bicyclic) bond motifs is 1. The molecule has 0 saturated carbocycles. The Balaban J connectivity index is 1.64. The van der Waals surface area contributed by atoms with Gasteiger partial charge in [-0.15, -0.1) is 0 Å². The number of hydrogen-bond donors (Lipinski definition) is 1. The van der Waals surface area contributed by atoms with Gasteiger partial charge >= 0.3 is 0 Å². The van der Waals surface area contributed by atoms with Crippen LogP contribution in [0.25, 0.3) is 10.9 Å². The first kappa shape index (κ1) is 16.9. The van der Waals surface area contributed by atoms with E-state index in [0.29, 0.717) is 12.1 Å². The van der Waals surface area contributed by atoms with Crippen LogP contribution in [0, 0.1) is 11.8 Å². The third-order valence-electron chi connectivity index (χ3n) is 3.77. The van der Waals surface area contributed by atoms with Gasteiger partial charge in [-0.2, -0.15) is 4.72 Å². The lowest BCUT2D eigenvalue weighted by Crippen LogP contribution is -2.36. The summed E-state index contributed by atoms with van der Waals surface area (Å²) < 4.78 is 32.7. The molecule has 1 N–H and O–H groups in total. The van der Waals surface area contributed by atoms with E-state index in [4.69, 9.17) is 4.74 Å². The molecule has 126 valence electrons. The van der Waals surface area contributed by atoms with Crippen LogP contribution in [-0.4, -0.2) is 57.7 Å². The Morgan fingerprint density at radius 3 is 2.79 bits per heavy atom. The molecule has 7 heteroatoms. The van der Waals surface area contributed by atoms with Crippen LogP contribution in [0.5, 0.6) is 0 Å². The minimum Gasteiger partial charge on any atom is -0.379 e. The van der Waals surface area contributed by atoms with E-state index in [9.17, 15) is 8.42 Å². The van der Waals surface area contributed by atoms with E-state index in [1.54, 1.807) is 24.4 Å². The third kappa shape index (κ3) is 4.10. The lowest BCUT2D eigenvalue weighted by molar-refractivity contribution is 0.0443. The van der Waals surface area contributed by atoms with Gasteiger partial charge in [-0.05, 0) is 12.1 Å². The number of hydrogen-bond acceptors (Lipinski definition) is 5. The molecule has 3 rings (SSSR count). The molecule has 6 nitrogen and oxygen atoms in total. The Morgan fingerprint density at radius 1 is 1.17 bits per heavy atom. The van der Waals surface area contributed by atoms with Crippen molar-refractivity contribution in [2.24, 2.45) is 0 Å². The first-order valence-electron chi connectivity index (χ1n) is 7.76. The van der Waals surface area contributed by atoms with E-state index in [2.05, 4.69) is 26.4 Å². The van der Waals surface area contributed by atoms with Crippen LogP contribution in [0.3, 0.4) is 0 Å². The molecule has 0 spiro atoms. The molecular formula is C17H19N3O3S. The summed E-state index contributed by atoms with van der Waals surface area (Å²) in [4.78, 5) is 6.54. The van der Waals surface area contributed by atoms with Gasteiger partial charge < -0.3 is 4.74 Å². The highest BCUT2D eigenvalue weighted by atomic mass is 32.2. The van der Waals surface area contributed by atoms with Crippen molar-refractivity contribution < 1.29 is 13.2 Å². The summed E-state index contributed by atoms with van der Waals surface area (Å²) in [5, 5.41) is 0.791. The number of para-hydroxylation sites is 1. The molecule has 1 aliphatic heterocycles. The van der Waals surface area contributed by atoms with E-state index in [1.807, 2.05) is 12.1 Å². The van der Waals surface area contributed by atoms with Crippen LogP contribution in [0.4, 0.5) is 0 Å². The number of aromatic nitrogens is 1. The second-order valence-corrected chi connectivity index (χ2v) is 7.13. The van der Waals surface area contributed by atoms with E-state index in [-0.39, 0.29) is 11.4 Å². The number of benzene rings is 1. The van der Waals surface area contributed by atoms with E-state index in [1.165, 1.54) is 0 Å². The van der Waals surface area contributed by atoms with Gasteiger partial charge in [-0.1, -0.05) is 30.0 Å². The van der Waals surface area contributed by atoms with Crippen molar-refractivity contribution in [3.63, 3.8) is 0 Å². The molecule has 24 heavy (non-hydrogen) atoms. The molecule has 1 aromatic heterocycles. The van der Waals surface area contributed by atoms with E-state index >= 15 is 0 Å². The summed E-state index contributed by atoms with van der Waals surface area (Å²) >= 11 is 0. The second-order valence-electron chi connectivity index (χ2n) is 5.40. The van der Waals surface area contributed by atoms with Gasteiger partial charge in [0.2, 0.25) is 10.0 Å². The summed E-state index contributed by atoms with van der Waals surface area (Å²) in [6.07, 6.45) is 1.59. The van der Waals surface area contributed by atoms with E-state index < -0.39 is 10.0 Å². The maximum absolute atomic E-state index is 12.5. The average molecular weight is 345 g/mol. The van der Waals surface area contributed by atoms with Crippen molar-refractivity contribution in [2.75, 3.05) is 39.4 Å².